The zero-order valence-electron chi connectivity index (χ0n) is 8.82. The van der Waals surface area contributed by atoms with Gasteiger partial charge < -0.3 is 5.11 Å². The van der Waals surface area contributed by atoms with E-state index in [0.717, 1.165) is 28.9 Å². The van der Waals surface area contributed by atoms with E-state index in [1.807, 2.05) is 12.5 Å². The molecule has 1 aromatic rings. The number of aldehydes is 1. The van der Waals surface area contributed by atoms with Gasteiger partial charge in [0.15, 0.2) is 0 Å². The molecule has 0 radical (unpaired) electrons. The molecule has 0 aliphatic rings. The molecule has 0 bridgehead atoms. The molecular weight excluding hydrogens is 228 g/mol. The van der Waals surface area contributed by atoms with Crippen LogP contribution in [0.25, 0.3) is 0 Å². The Hall–Kier alpha value is -0.610. The monoisotopic (exact) mass is 242 g/mol. The molecule has 0 saturated heterocycles. The smallest absolute Gasteiger partial charge is 0.150 e. The second kappa shape index (κ2) is 6.08. The molecule has 4 heteroatoms. The number of hydrogen-bond donors (Lipinski definition) is 1. The van der Waals surface area contributed by atoms with Gasteiger partial charge in [0.2, 0.25) is 0 Å². The van der Waals surface area contributed by atoms with Crippen molar-refractivity contribution >= 4 is 29.8 Å². The molecule has 0 heterocycles. The highest BCUT2D eigenvalue weighted by molar-refractivity contribution is 7.98. The summed E-state index contributed by atoms with van der Waals surface area (Å²) >= 11 is 3.26. The minimum atomic E-state index is 0.337. The lowest BCUT2D eigenvalue weighted by molar-refractivity contribution is 0.112. The van der Waals surface area contributed by atoms with Crippen molar-refractivity contribution in [2.75, 3.05) is 12.5 Å². The van der Waals surface area contributed by atoms with Gasteiger partial charge in [-0.25, -0.2) is 0 Å². The van der Waals surface area contributed by atoms with Gasteiger partial charge in [-0.3, -0.25) is 4.79 Å². The predicted octanol–water partition coefficient (Wildman–Crippen LogP) is 2.93. The Morgan fingerprint density at radius 3 is 2.00 bits per heavy atom. The number of benzene rings is 1. The third-order valence-corrected chi connectivity index (χ3v) is 3.23. The third kappa shape index (κ3) is 3.18. The SMILES string of the molecule is CSCc1cc(C=O)cc(CSC)c1O. The summed E-state index contributed by atoms with van der Waals surface area (Å²) in [7, 11) is 0. The standard InChI is InChI=1S/C11H14O2S2/c1-14-6-9-3-8(5-12)4-10(7-15-2)11(9)13/h3-5,13H,6-7H2,1-2H3. The minimum Gasteiger partial charge on any atom is -0.507 e. The molecule has 0 amide bonds. The number of phenols is 1. The van der Waals surface area contributed by atoms with E-state index < -0.39 is 0 Å². The van der Waals surface area contributed by atoms with Crippen LogP contribution in [0.15, 0.2) is 12.1 Å². The summed E-state index contributed by atoms with van der Waals surface area (Å²) in [6.45, 7) is 0. The summed E-state index contributed by atoms with van der Waals surface area (Å²) < 4.78 is 0. The first kappa shape index (κ1) is 12.5. The Balaban J connectivity index is 3.14. The van der Waals surface area contributed by atoms with Crippen LogP contribution in [0.3, 0.4) is 0 Å². The Bertz CT molecular complexity index is 323. The molecule has 0 unspecified atom stereocenters. The number of carbonyl (C=O) groups excluding carboxylic acids is 1. The molecule has 1 N–H and O–H groups in total. The second-order valence-corrected chi connectivity index (χ2v) is 4.90. The first-order valence-corrected chi connectivity index (χ1v) is 7.29. The van der Waals surface area contributed by atoms with Crippen molar-refractivity contribution in [3.05, 3.63) is 28.8 Å². The van der Waals surface area contributed by atoms with Crippen LogP contribution in [0, 0.1) is 0 Å². The molecule has 0 fully saturated rings. The van der Waals surface area contributed by atoms with Gasteiger partial charge in [0, 0.05) is 28.2 Å². The first-order chi connectivity index (χ1) is 7.22. The van der Waals surface area contributed by atoms with Gasteiger partial charge in [-0.1, -0.05) is 0 Å². The van der Waals surface area contributed by atoms with E-state index in [9.17, 15) is 9.90 Å². The van der Waals surface area contributed by atoms with Crippen LogP contribution in [-0.2, 0) is 11.5 Å². The summed E-state index contributed by atoms with van der Waals surface area (Å²) in [6, 6.07) is 3.51. The van der Waals surface area contributed by atoms with Crippen LogP contribution in [0.1, 0.15) is 21.5 Å². The van der Waals surface area contributed by atoms with Crippen LogP contribution in [-0.4, -0.2) is 23.9 Å². The maximum Gasteiger partial charge on any atom is 0.150 e. The molecule has 0 atom stereocenters. The molecule has 82 valence electrons. The van der Waals surface area contributed by atoms with E-state index in [2.05, 4.69) is 0 Å². The molecule has 0 aliphatic heterocycles. The van der Waals surface area contributed by atoms with Crippen molar-refractivity contribution in [1.29, 1.82) is 0 Å². The number of hydrogen-bond acceptors (Lipinski definition) is 4. The first-order valence-electron chi connectivity index (χ1n) is 4.50. The van der Waals surface area contributed by atoms with E-state index in [0.29, 0.717) is 11.3 Å². The number of phenolic OH excluding ortho intramolecular Hbond substituents is 1. The highest BCUT2D eigenvalue weighted by Crippen LogP contribution is 2.29. The number of carbonyl (C=O) groups is 1. The highest BCUT2D eigenvalue weighted by atomic mass is 32.2. The average molecular weight is 242 g/mol. The van der Waals surface area contributed by atoms with Crippen LogP contribution < -0.4 is 0 Å². The van der Waals surface area contributed by atoms with E-state index in [1.165, 1.54) is 0 Å². The quantitative estimate of drug-likeness (QED) is 0.806. The van der Waals surface area contributed by atoms with Gasteiger partial charge in [0.1, 0.15) is 12.0 Å². The molecule has 0 aromatic heterocycles. The summed E-state index contributed by atoms with van der Waals surface area (Å²) in [4.78, 5) is 10.7. The second-order valence-electron chi connectivity index (χ2n) is 3.17. The van der Waals surface area contributed by atoms with Gasteiger partial charge in [-0.2, -0.15) is 23.5 Å². The Morgan fingerprint density at radius 2 is 1.67 bits per heavy atom. The molecule has 1 rings (SSSR count). The van der Waals surface area contributed by atoms with Crippen LogP contribution in [0.2, 0.25) is 0 Å². The van der Waals surface area contributed by atoms with E-state index >= 15 is 0 Å². The van der Waals surface area contributed by atoms with E-state index in [1.54, 1.807) is 35.7 Å². The van der Waals surface area contributed by atoms with Crippen LogP contribution in [0.5, 0.6) is 5.75 Å². The lowest BCUT2D eigenvalue weighted by atomic mass is 10.1. The maximum absolute atomic E-state index is 10.7. The molecule has 1 aromatic carbocycles. The van der Waals surface area contributed by atoms with Crippen molar-refractivity contribution in [3.63, 3.8) is 0 Å². The molecule has 0 saturated carbocycles. The van der Waals surface area contributed by atoms with Gasteiger partial charge in [0.05, 0.1) is 0 Å². The molecule has 0 spiro atoms. The molecule has 2 nitrogen and oxygen atoms in total. The summed E-state index contributed by atoms with van der Waals surface area (Å²) in [5.74, 6) is 1.80. The van der Waals surface area contributed by atoms with Crippen molar-refractivity contribution in [2.24, 2.45) is 0 Å². The Kier molecular flexibility index (Phi) is 5.05. The van der Waals surface area contributed by atoms with Gasteiger partial charge in [-0.15, -0.1) is 0 Å². The summed E-state index contributed by atoms with van der Waals surface area (Å²) in [5, 5.41) is 9.93. The maximum atomic E-state index is 10.7. The van der Waals surface area contributed by atoms with Crippen molar-refractivity contribution in [1.82, 2.24) is 0 Å². The predicted molar refractivity (Wildman–Crippen MR) is 67.9 cm³/mol. The topological polar surface area (TPSA) is 37.3 Å². The average Bonchev–Trinajstić information content (AvgIpc) is 2.24. The third-order valence-electron chi connectivity index (χ3n) is 2.03. The fourth-order valence-electron chi connectivity index (χ4n) is 1.39. The number of aromatic hydroxyl groups is 1. The van der Waals surface area contributed by atoms with Crippen LogP contribution >= 0.6 is 23.5 Å². The van der Waals surface area contributed by atoms with Gasteiger partial charge in [-0.05, 0) is 24.6 Å². The fraction of sp³-hybridized carbons (Fsp3) is 0.364. The van der Waals surface area contributed by atoms with Crippen molar-refractivity contribution < 1.29 is 9.90 Å². The normalized spacial score (nSPS) is 10.3. The Morgan fingerprint density at radius 1 is 1.20 bits per heavy atom. The van der Waals surface area contributed by atoms with E-state index in [-0.39, 0.29) is 0 Å². The zero-order chi connectivity index (χ0) is 11.3. The lowest BCUT2D eigenvalue weighted by Gasteiger charge is -2.09. The van der Waals surface area contributed by atoms with Crippen molar-refractivity contribution in [2.45, 2.75) is 11.5 Å². The molecular formula is C11H14O2S2. The van der Waals surface area contributed by atoms with E-state index in [4.69, 9.17) is 0 Å². The highest BCUT2D eigenvalue weighted by Gasteiger charge is 2.08. The number of rotatable bonds is 5. The van der Waals surface area contributed by atoms with Crippen molar-refractivity contribution in [3.8, 4) is 5.75 Å². The fourth-order valence-corrected chi connectivity index (χ4v) is 2.45. The number of thioether (sulfide) groups is 2. The molecule has 15 heavy (non-hydrogen) atoms. The Labute approximate surface area is 98.5 Å². The summed E-state index contributed by atoms with van der Waals surface area (Å²) in [6.07, 6.45) is 4.77. The largest absolute Gasteiger partial charge is 0.507 e. The van der Waals surface area contributed by atoms with Gasteiger partial charge in [0.25, 0.3) is 0 Å². The minimum absolute atomic E-state index is 0.337. The lowest BCUT2D eigenvalue weighted by Crippen LogP contribution is -1.92. The molecule has 0 aliphatic carbocycles. The van der Waals surface area contributed by atoms with Crippen LogP contribution in [0.4, 0.5) is 0 Å². The zero-order valence-corrected chi connectivity index (χ0v) is 10.5. The summed E-state index contributed by atoms with van der Waals surface area (Å²) in [5.41, 5.74) is 2.33. The van der Waals surface area contributed by atoms with Gasteiger partial charge >= 0.3 is 0 Å².